The van der Waals surface area contributed by atoms with Crippen molar-refractivity contribution in [3.8, 4) is 11.5 Å². The van der Waals surface area contributed by atoms with E-state index in [2.05, 4.69) is 75.4 Å². The van der Waals surface area contributed by atoms with Crippen molar-refractivity contribution < 1.29 is 9.47 Å². The normalized spacial score (nSPS) is 11.4. The van der Waals surface area contributed by atoms with E-state index in [0.29, 0.717) is 0 Å². The van der Waals surface area contributed by atoms with Gasteiger partial charge in [-0.3, -0.25) is 0 Å². The van der Waals surface area contributed by atoms with Crippen LogP contribution in [0.5, 0.6) is 11.5 Å². The predicted octanol–water partition coefficient (Wildman–Crippen LogP) is 5.97. The van der Waals surface area contributed by atoms with Crippen molar-refractivity contribution in [2.24, 2.45) is 0 Å². The van der Waals surface area contributed by atoms with Gasteiger partial charge in [-0.25, -0.2) is 0 Å². The molecule has 0 heterocycles. The monoisotopic (exact) mass is 365 g/mol. The molecule has 0 saturated carbocycles. The molecule has 134 valence electrons. The molecule has 2 nitrogen and oxygen atoms in total. The van der Waals surface area contributed by atoms with Crippen LogP contribution in [0.1, 0.15) is 20.8 Å². The lowest BCUT2D eigenvalue weighted by molar-refractivity contribution is 0.130. The molecule has 0 atom stereocenters. The van der Waals surface area contributed by atoms with Crippen LogP contribution in [0.25, 0.3) is 0 Å². The molecule has 0 radical (unpaired) electrons. The van der Waals surface area contributed by atoms with Gasteiger partial charge in [0.2, 0.25) is 4.90 Å². The van der Waals surface area contributed by atoms with E-state index in [-0.39, 0.29) is 16.5 Å². The van der Waals surface area contributed by atoms with E-state index in [4.69, 9.17) is 9.47 Å². The third kappa shape index (κ3) is 4.41. The van der Waals surface area contributed by atoms with Crippen molar-refractivity contribution in [3.05, 3.63) is 78.9 Å². The molecule has 0 aliphatic rings. The lowest BCUT2D eigenvalue weighted by atomic mass is 10.2. The quantitative estimate of drug-likeness (QED) is 0.519. The zero-order valence-electron chi connectivity index (χ0n) is 15.7. The maximum absolute atomic E-state index is 6.11. The molecule has 3 heteroatoms. The number of rotatable bonds is 5. The molecular formula is C23H25O2S+. The Balaban J connectivity index is 2.15. The molecule has 0 amide bonds. The van der Waals surface area contributed by atoms with E-state index in [0.717, 1.165) is 16.4 Å². The first kappa shape index (κ1) is 18.4. The molecule has 26 heavy (non-hydrogen) atoms. The highest BCUT2D eigenvalue weighted by atomic mass is 32.2. The second-order valence-corrected chi connectivity index (χ2v) is 8.95. The van der Waals surface area contributed by atoms with Gasteiger partial charge in [-0.15, -0.1) is 0 Å². The Morgan fingerprint density at radius 3 is 1.73 bits per heavy atom. The second-order valence-electron chi connectivity index (χ2n) is 6.96. The van der Waals surface area contributed by atoms with Gasteiger partial charge in [0.05, 0.1) is 7.11 Å². The minimum absolute atomic E-state index is 0.246. The zero-order chi connectivity index (χ0) is 18.6. The number of ether oxygens (including phenoxy) is 2. The first-order chi connectivity index (χ1) is 12.5. The Kier molecular flexibility index (Phi) is 5.58. The minimum atomic E-state index is -0.270. The molecule has 0 bridgehead atoms. The van der Waals surface area contributed by atoms with E-state index in [1.807, 2.05) is 24.3 Å². The van der Waals surface area contributed by atoms with Crippen molar-refractivity contribution in [3.63, 3.8) is 0 Å². The van der Waals surface area contributed by atoms with E-state index in [9.17, 15) is 0 Å². The Bertz CT molecular complexity index is 800. The van der Waals surface area contributed by atoms with Gasteiger partial charge in [0.15, 0.2) is 15.5 Å². The summed E-state index contributed by atoms with van der Waals surface area (Å²) >= 11 is 0. The largest absolute Gasteiger partial charge is 0.491 e. The Morgan fingerprint density at radius 2 is 1.27 bits per heavy atom. The summed E-state index contributed by atoms with van der Waals surface area (Å²) in [5.74, 6) is 1.74. The van der Waals surface area contributed by atoms with Crippen LogP contribution < -0.4 is 9.47 Å². The van der Waals surface area contributed by atoms with Crippen molar-refractivity contribution in [2.45, 2.75) is 41.1 Å². The SMILES string of the molecule is COc1ccc(OC(C)(C)C)cc1[S+](c1ccccc1)c1ccccc1. The van der Waals surface area contributed by atoms with E-state index < -0.39 is 0 Å². The minimum Gasteiger partial charge on any atom is -0.491 e. The van der Waals surface area contributed by atoms with Crippen LogP contribution in [0.2, 0.25) is 0 Å². The maximum atomic E-state index is 6.11. The third-order valence-electron chi connectivity index (χ3n) is 3.74. The summed E-state index contributed by atoms with van der Waals surface area (Å²) in [6, 6.07) is 27.2. The predicted molar refractivity (Wildman–Crippen MR) is 108 cm³/mol. The van der Waals surface area contributed by atoms with Crippen LogP contribution in [0.15, 0.2) is 93.5 Å². The van der Waals surface area contributed by atoms with Crippen LogP contribution in [0, 0.1) is 0 Å². The van der Waals surface area contributed by atoms with Crippen LogP contribution in [0.3, 0.4) is 0 Å². The molecule has 0 unspecified atom stereocenters. The molecule has 0 aliphatic heterocycles. The van der Waals surface area contributed by atoms with E-state index in [1.54, 1.807) is 7.11 Å². The number of benzene rings is 3. The van der Waals surface area contributed by atoms with Gasteiger partial charge >= 0.3 is 0 Å². The lowest BCUT2D eigenvalue weighted by Gasteiger charge is -2.22. The second kappa shape index (κ2) is 7.88. The molecule has 0 aromatic heterocycles. The molecule has 3 rings (SSSR count). The fraction of sp³-hybridized carbons (Fsp3) is 0.217. The number of methoxy groups -OCH3 is 1. The van der Waals surface area contributed by atoms with Crippen molar-refractivity contribution >= 4 is 10.9 Å². The fourth-order valence-electron chi connectivity index (χ4n) is 2.74. The van der Waals surface area contributed by atoms with E-state index in [1.165, 1.54) is 9.79 Å². The number of hydrogen-bond donors (Lipinski definition) is 0. The highest BCUT2D eigenvalue weighted by Gasteiger charge is 2.32. The lowest BCUT2D eigenvalue weighted by Crippen LogP contribution is -2.23. The number of hydrogen-bond acceptors (Lipinski definition) is 2. The third-order valence-corrected chi connectivity index (χ3v) is 5.98. The summed E-state index contributed by atoms with van der Waals surface area (Å²) in [5.41, 5.74) is -0.246. The van der Waals surface area contributed by atoms with Crippen LogP contribution in [-0.4, -0.2) is 12.7 Å². The average Bonchev–Trinajstić information content (AvgIpc) is 2.63. The molecule has 0 aliphatic carbocycles. The first-order valence-electron chi connectivity index (χ1n) is 8.69. The fourth-order valence-corrected chi connectivity index (χ4v) is 4.96. The molecule has 0 fully saturated rings. The van der Waals surface area contributed by atoms with Crippen molar-refractivity contribution in [1.29, 1.82) is 0 Å². The summed E-state index contributed by atoms with van der Waals surface area (Å²) in [6.07, 6.45) is 0. The molecule has 0 saturated heterocycles. The average molecular weight is 366 g/mol. The van der Waals surface area contributed by atoms with Gasteiger partial charge in [0.25, 0.3) is 0 Å². The molecule has 3 aromatic carbocycles. The van der Waals surface area contributed by atoms with Gasteiger partial charge < -0.3 is 9.47 Å². The maximum Gasteiger partial charge on any atom is 0.211 e. The highest BCUT2D eigenvalue weighted by Crippen LogP contribution is 2.39. The van der Waals surface area contributed by atoms with Gasteiger partial charge in [-0.2, -0.15) is 0 Å². The van der Waals surface area contributed by atoms with Crippen LogP contribution in [-0.2, 0) is 10.9 Å². The van der Waals surface area contributed by atoms with Gasteiger partial charge in [-0.1, -0.05) is 36.4 Å². The van der Waals surface area contributed by atoms with Crippen molar-refractivity contribution in [2.75, 3.05) is 7.11 Å². The molecule has 0 N–H and O–H groups in total. The van der Waals surface area contributed by atoms with Crippen LogP contribution >= 0.6 is 0 Å². The summed E-state index contributed by atoms with van der Waals surface area (Å²) in [6.45, 7) is 6.18. The van der Waals surface area contributed by atoms with Crippen LogP contribution in [0.4, 0.5) is 0 Å². The topological polar surface area (TPSA) is 18.5 Å². The Hall–Kier alpha value is -2.39. The molecular weight excluding hydrogens is 340 g/mol. The van der Waals surface area contributed by atoms with Gasteiger partial charge in [-0.05, 0) is 57.2 Å². The Labute approximate surface area is 159 Å². The van der Waals surface area contributed by atoms with Gasteiger partial charge in [0.1, 0.15) is 22.2 Å². The van der Waals surface area contributed by atoms with E-state index >= 15 is 0 Å². The summed E-state index contributed by atoms with van der Waals surface area (Å²) in [7, 11) is 1.45. The van der Waals surface area contributed by atoms with Crippen molar-refractivity contribution in [1.82, 2.24) is 0 Å². The summed E-state index contributed by atoms with van der Waals surface area (Å²) in [4.78, 5) is 3.64. The molecule has 3 aromatic rings. The first-order valence-corrected chi connectivity index (χ1v) is 9.92. The zero-order valence-corrected chi connectivity index (χ0v) is 16.5. The van der Waals surface area contributed by atoms with Gasteiger partial charge in [0, 0.05) is 6.07 Å². The summed E-state index contributed by atoms with van der Waals surface area (Å²) in [5, 5.41) is 0. The smallest absolute Gasteiger partial charge is 0.211 e. The standard InChI is InChI=1S/C23H25O2S/c1-23(2,3)25-18-15-16-21(24-4)22(17-18)26(19-11-7-5-8-12-19)20-13-9-6-10-14-20/h5-17H,1-4H3/q+1. The molecule has 0 spiro atoms. The Morgan fingerprint density at radius 1 is 0.731 bits per heavy atom. The summed E-state index contributed by atoms with van der Waals surface area (Å²) < 4.78 is 11.8. The highest BCUT2D eigenvalue weighted by molar-refractivity contribution is 7.97.